The van der Waals surface area contributed by atoms with E-state index in [2.05, 4.69) is 35.3 Å². The van der Waals surface area contributed by atoms with E-state index in [0.717, 1.165) is 50.4 Å². The summed E-state index contributed by atoms with van der Waals surface area (Å²) in [5.74, 6) is 0.391. The van der Waals surface area contributed by atoms with E-state index < -0.39 is 0 Å². The summed E-state index contributed by atoms with van der Waals surface area (Å²) in [7, 11) is 0. The Labute approximate surface area is 132 Å². The largest absolute Gasteiger partial charge is 0.378 e. The van der Waals surface area contributed by atoms with Crippen LogP contribution in [0.25, 0.3) is 0 Å². The molecule has 1 N–H and O–H groups in total. The average molecular weight is 302 g/mol. The zero-order valence-corrected chi connectivity index (χ0v) is 13.4. The van der Waals surface area contributed by atoms with Crippen LogP contribution < -0.4 is 10.2 Å². The maximum atomic E-state index is 12.5. The van der Waals surface area contributed by atoms with Crippen molar-refractivity contribution < 1.29 is 9.53 Å². The van der Waals surface area contributed by atoms with Gasteiger partial charge in [0.25, 0.3) is 0 Å². The molecule has 1 heterocycles. The van der Waals surface area contributed by atoms with Crippen LogP contribution in [0.3, 0.4) is 0 Å². The number of hydrogen-bond acceptors (Lipinski definition) is 3. The zero-order valence-electron chi connectivity index (χ0n) is 13.4. The van der Waals surface area contributed by atoms with Gasteiger partial charge in [0.15, 0.2) is 0 Å². The van der Waals surface area contributed by atoms with Gasteiger partial charge in [-0.15, -0.1) is 0 Å². The molecule has 0 atom stereocenters. The molecule has 4 heteroatoms. The highest BCUT2D eigenvalue weighted by molar-refractivity contribution is 5.93. The van der Waals surface area contributed by atoms with E-state index in [1.165, 1.54) is 24.9 Å². The number of carbonyl (C=O) groups is 1. The van der Waals surface area contributed by atoms with E-state index in [1.54, 1.807) is 0 Å². The third-order valence-corrected chi connectivity index (χ3v) is 4.83. The minimum absolute atomic E-state index is 0.195. The van der Waals surface area contributed by atoms with Gasteiger partial charge in [0.2, 0.25) is 5.91 Å². The Morgan fingerprint density at radius 2 is 1.91 bits per heavy atom. The van der Waals surface area contributed by atoms with Crippen LogP contribution in [0.5, 0.6) is 0 Å². The summed E-state index contributed by atoms with van der Waals surface area (Å²) in [5.41, 5.74) is 3.26. The van der Waals surface area contributed by atoms with Gasteiger partial charge >= 0.3 is 0 Å². The van der Waals surface area contributed by atoms with Crippen LogP contribution in [-0.4, -0.2) is 32.2 Å². The fraction of sp³-hybridized carbons (Fsp3) is 0.611. The van der Waals surface area contributed by atoms with Crippen molar-refractivity contribution in [2.75, 3.05) is 36.5 Å². The molecule has 22 heavy (non-hydrogen) atoms. The molecule has 1 aromatic carbocycles. The molecule has 1 saturated heterocycles. The minimum Gasteiger partial charge on any atom is -0.378 e. The van der Waals surface area contributed by atoms with Crippen LogP contribution in [0.1, 0.15) is 37.7 Å². The summed E-state index contributed by atoms with van der Waals surface area (Å²) in [6.45, 7) is 5.44. The first kappa shape index (κ1) is 15.3. The van der Waals surface area contributed by atoms with Crippen LogP contribution in [0.15, 0.2) is 18.2 Å². The maximum Gasteiger partial charge on any atom is 0.227 e. The van der Waals surface area contributed by atoms with Gasteiger partial charge in [-0.3, -0.25) is 4.79 Å². The van der Waals surface area contributed by atoms with Crippen molar-refractivity contribution in [1.82, 2.24) is 0 Å². The SMILES string of the molecule is Cc1ccc(N2CCOCC2)cc1NC(=O)C1CCCCC1. The smallest absolute Gasteiger partial charge is 0.227 e. The van der Waals surface area contributed by atoms with E-state index in [4.69, 9.17) is 4.74 Å². The molecule has 1 amide bonds. The van der Waals surface area contributed by atoms with Crippen LogP contribution >= 0.6 is 0 Å². The number of benzene rings is 1. The number of hydrogen-bond donors (Lipinski definition) is 1. The predicted molar refractivity (Wildman–Crippen MR) is 89.4 cm³/mol. The van der Waals surface area contributed by atoms with E-state index in [1.807, 2.05) is 0 Å². The van der Waals surface area contributed by atoms with Gasteiger partial charge < -0.3 is 15.0 Å². The quantitative estimate of drug-likeness (QED) is 0.931. The van der Waals surface area contributed by atoms with Gasteiger partial charge in [-0.25, -0.2) is 0 Å². The second-order valence-corrected chi connectivity index (χ2v) is 6.42. The minimum atomic E-state index is 0.195. The summed E-state index contributed by atoms with van der Waals surface area (Å²) in [6.07, 6.45) is 5.72. The summed E-state index contributed by atoms with van der Waals surface area (Å²) >= 11 is 0. The number of anilines is 2. The number of morpholine rings is 1. The first-order chi connectivity index (χ1) is 10.7. The number of carbonyl (C=O) groups excluding carboxylic acids is 1. The summed E-state index contributed by atoms with van der Waals surface area (Å²) in [6, 6.07) is 6.35. The lowest BCUT2D eigenvalue weighted by atomic mass is 9.88. The molecule has 1 aliphatic carbocycles. The van der Waals surface area contributed by atoms with Crippen LogP contribution in [0.4, 0.5) is 11.4 Å². The van der Waals surface area contributed by atoms with Crippen LogP contribution in [0.2, 0.25) is 0 Å². The molecule has 1 aromatic rings. The first-order valence-electron chi connectivity index (χ1n) is 8.48. The maximum absolute atomic E-state index is 12.5. The van der Waals surface area contributed by atoms with Crippen molar-refractivity contribution in [3.05, 3.63) is 23.8 Å². The molecule has 0 bridgehead atoms. The van der Waals surface area contributed by atoms with Crippen LogP contribution in [-0.2, 0) is 9.53 Å². The van der Waals surface area contributed by atoms with Crippen molar-refractivity contribution in [1.29, 1.82) is 0 Å². The van der Waals surface area contributed by atoms with Crippen molar-refractivity contribution in [3.63, 3.8) is 0 Å². The Morgan fingerprint density at radius 1 is 1.18 bits per heavy atom. The van der Waals surface area contributed by atoms with Crippen molar-refractivity contribution in [2.24, 2.45) is 5.92 Å². The molecular weight excluding hydrogens is 276 g/mol. The van der Waals surface area contributed by atoms with Crippen molar-refractivity contribution >= 4 is 17.3 Å². The first-order valence-corrected chi connectivity index (χ1v) is 8.48. The third-order valence-electron chi connectivity index (χ3n) is 4.83. The standard InChI is InChI=1S/C18H26N2O2/c1-14-7-8-16(20-9-11-22-12-10-20)13-17(14)19-18(21)15-5-3-2-4-6-15/h7-8,13,15H,2-6,9-12H2,1H3,(H,19,21). The summed E-state index contributed by atoms with van der Waals surface area (Å²) < 4.78 is 5.41. The molecule has 1 aliphatic heterocycles. The van der Waals surface area contributed by atoms with E-state index in [9.17, 15) is 4.79 Å². The zero-order chi connectivity index (χ0) is 15.4. The van der Waals surface area contributed by atoms with Gasteiger partial charge in [-0.05, 0) is 37.5 Å². The molecule has 0 unspecified atom stereocenters. The Kier molecular flexibility index (Phi) is 4.98. The molecule has 0 spiro atoms. The van der Waals surface area contributed by atoms with E-state index in [0.29, 0.717) is 0 Å². The van der Waals surface area contributed by atoms with Gasteiger partial charge in [-0.2, -0.15) is 0 Å². The monoisotopic (exact) mass is 302 g/mol. The fourth-order valence-corrected chi connectivity index (χ4v) is 3.36. The summed E-state index contributed by atoms with van der Waals surface area (Å²) in [5, 5.41) is 3.16. The summed E-state index contributed by atoms with van der Waals surface area (Å²) in [4.78, 5) is 14.8. The lowest BCUT2D eigenvalue weighted by Gasteiger charge is -2.29. The normalized spacial score (nSPS) is 20.0. The number of amides is 1. The molecule has 0 radical (unpaired) electrons. The number of ether oxygens (including phenoxy) is 1. The highest BCUT2D eigenvalue weighted by Crippen LogP contribution is 2.28. The second-order valence-electron chi connectivity index (χ2n) is 6.42. The van der Waals surface area contributed by atoms with Gasteiger partial charge in [0.1, 0.15) is 0 Å². The highest BCUT2D eigenvalue weighted by Gasteiger charge is 2.22. The molecule has 4 nitrogen and oxygen atoms in total. The average Bonchev–Trinajstić information content (AvgIpc) is 2.58. The van der Waals surface area contributed by atoms with Crippen molar-refractivity contribution in [3.8, 4) is 0 Å². The van der Waals surface area contributed by atoms with E-state index >= 15 is 0 Å². The van der Waals surface area contributed by atoms with Gasteiger partial charge in [0, 0.05) is 30.4 Å². The topological polar surface area (TPSA) is 41.6 Å². The lowest BCUT2D eigenvalue weighted by Crippen LogP contribution is -2.36. The number of nitrogens with one attached hydrogen (secondary N) is 1. The van der Waals surface area contributed by atoms with Gasteiger partial charge in [-0.1, -0.05) is 25.3 Å². The number of nitrogens with zero attached hydrogens (tertiary/aromatic N) is 1. The Bertz CT molecular complexity index is 518. The Morgan fingerprint density at radius 3 is 2.64 bits per heavy atom. The van der Waals surface area contributed by atoms with Crippen LogP contribution in [0, 0.1) is 12.8 Å². The molecule has 120 valence electrons. The molecule has 1 saturated carbocycles. The number of aryl methyl sites for hydroxylation is 1. The molecule has 0 aromatic heterocycles. The van der Waals surface area contributed by atoms with Gasteiger partial charge in [0.05, 0.1) is 13.2 Å². The number of rotatable bonds is 3. The molecule has 3 rings (SSSR count). The van der Waals surface area contributed by atoms with Crippen molar-refractivity contribution in [2.45, 2.75) is 39.0 Å². The Hall–Kier alpha value is -1.55. The fourth-order valence-electron chi connectivity index (χ4n) is 3.36. The molecule has 2 aliphatic rings. The molecule has 2 fully saturated rings. The lowest BCUT2D eigenvalue weighted by molar-refractivity contribution is -0.120. The predicted octanol–water partition coefficient (Wildman–Crippen LogP) is 3.35. The molecular formula is C18H26N2O2. The Balaban J connectivity index is 1.70. The van der Waals surface area contributed by atoms with E-state index in [-0.39, 0.29) is 11.8 Å². The second kappa shape index (κ2) is 7.14. The highest BCUT2D eigenvalue weighted by atomic mass is 16.5. The third kappa shape index (κ3) is 3.61.